The van der Waals surface area contributed by atoms with E-state index >= 15 is 0 Å². The number of thioether (sulfide) groups is 1. The van der Waals surface area contributed by atoms with Crippen LogP contribution in [0.25, 0.3) is 0 Å². The molecule has 2 heterocycles. The van der Waals surface area contributed by atoms with Gasteiger partial charge in [0.25, 0.3) is 0 Å². The van der Waals surface area contributed by atoms with Crippen molar-refractivity contribution in [3.63, 3.8) is 0 Å². The fourth-order valence-electron chi connectivity index (χ4n) is 2.43. The predicted molar refractivity (Wildman–Crippen MR) is 84.8 cm³/mol. The van der Waals surface area contributed by atoms with Gasteiger partial charge in [0.1, 0.15) is 0 Å². The van der Waals surface area contributed by atoms with Crippen LogP contribution in [0.2, 0.25) is 0 Å². The lowest BCUT2D eigenvalue weighted by Crippen LogP contribution is -2.43. The second-order valence-corrected chi connectivity index (χ2v) is 7.01. The number of nitrogens with zero attached hydrogens (tertiary/aromatic N) is 2. The van der Waals surface area contributed by atoms with Crippen molar-refractivity contribution in [1.29, 1.82) is 0 Å². The van der Waals surface area contributed by atoms with Crippen molar-refractivity contribution in [3.05, 3.63) is 30.1 Å². The zero-order chi connectivity index (χ0) is 14.4. The summed E-state index contributed by atoms with van der Waals surface area (Å²) in [7, 11) is 0. The van der Waals surface area contributed by atoms with Crippen molar-refractivity contribution in [2.75, 3.05) is 18.8 Å². The molecule has 1 saturated heterocycles. The van der Waals surface area contributed by atoms with Crippen molar-refractivity contribution < 1.29 is 4.79 Å². The molecule has 1 aromatic heterocycles. The Hall–Kier alpha value is -1.03. The maximum Gasteiger partial charge on any atom is 0.222 e. The van der Waals surface area contributed by atoms with Crippen LogP contribution in [-0.4, -0.2) is 39.9 Å². The molecule has 0 aliphatic carbocycles. The average Bonchev–Trinajstić information content (AvgIpc) is 2.48. The summed E-state index contributed by atoms with van der Waals surface area (Å²) in [6.07, 6.45) is 4.24. The van der Waals surface area contributed by atoms with Crippen LogP contribution >= 0.6 is 11.8 Å². The third kappa shape index (κ3) is 4.51. The van der Waals surface area contributed by atoms with Gasteiger partial charge in [0.15, 0.2) is 0 Å². The largest absolute Gasteiger partial charge is 0.341 e. The molecule has 0 saturated carbocycles. The molecule has 0 bridgehead atoms. The highest BCUT2D eigenvalue weighted by molar-refractivity contribution is 8.00. The molecule has 0 aromatic carbocycles. The molecule has 1 atom stereocenters. The smallest absolute Gasteiger partial charge is 0.222 e. The number of carbonyl (C=O) groups is 1. The van der Waals surface area contributed by atoms with Crippen LogP contribution in [0.1, 0.15) is 32.4 Å². The lowest BCUT2D eigenvalue weighted by atomic mass is 10.1. The highest BCUT2D eigenvalue weighted by Gasteiger charge is 2.25. The normalized spacial score (nSPS) is 19.4. The Balaban J connectivity index is 1.74. The first-order valence-electron chi connectivity index (χ1n) is 7.46. The van der Waals surface area contributed by atoms with E-state index in [1.807, 2.05) is 36.2 Å². The molecular weight excluding hydrogens is 268 g/mol. The minimum absolute atomic E-state index is 0.312. The van der Waals surface area contributed by atoms with Gasteiger partial charge in [-0.3, -0.25) is 9.78 Å². The maximum absolute atomic E-state index is 12.3. The summed E-state index contributed by atoms with van der Waals surface area (Å²) in [6, 6.07) is 5.95. The van der Waals surface area contributed by atoms with Crippen LogP contribution in [0.5, 0.6) is 0 Å². The topological polar surface area (TPSA) is 33.2 Å². The lowest BCUT2D eigenvalue weighted by Gasteiger charge is -2.34. The van der Waals surface area contributed by atoms with Gasteiger partial charge in [0, 0.05) is 42.4 Å². The van der Waals surface area contributed by atoms with Gasteiger partial charge in [0.05, 0.1) is 0 Å². The van der Waals surface area contributed by atoms with Gasteiger partial charge < -0.3 is 4.90 Å². The highest BCUT2D eigenvalue weighted by Crippen LogP contribution is 2.25. The van der Waals surface area contributed by atoms with E-state index in [1.165, 1.54) is 0 Å². The zero-order valence-electron chi connectivity index (χ0n) is 12.4. The zero-order valence-corrected chi connectivity index (χ0v) is 13.2. The Kier molecular flexibility index (Phi) is 5.89. The van der Waals surface area contributed by atoms with Gasteiger partial charge in [-0.15, -0.1) is 0 Å². The van der Waals surface area contributed by atoms with Gasteiger partial charge in [-0.25, -0.2) is 0 Å². The lowest BCUT2D eigenvalue weighted by molar-refractivity contribution is -0.131. The summed E-state index contributed by atoms with van der Waals surface area (Å²) in [5.74, 6) is 2.03. The fourth-order valence-corrected chi connectivity index (χ4v) is 3.73. The van der Waals surface area contributed by atoms with E-state index in [-0.39, 0.29) is 0 Å². The van der Waals surface area contributed by atoms with Gasteiger partial charge in [-0.1, -0.05) is 19.9 Å². The van der Waals surface area contributed by atoms with Crippen LogP contribution < -0.4 is 0 Å². The van der Waals surface area contributed by atoms with E-state index in [0.29, 0.717) is 23.5 Å². The summed E-state index contributed by atoms with van der Waals surface area (Å²) < 4.78 is 0. The number of aryl methyl sites for hydroxylation is 1. The summed E-state index contributed by atoms with van der Waals surface area (Å²) in [5, 5.41) is 0.600. The van der Waals surface area contributed by atoms with Crippen molar-refractivity contribution in [3.8, 4) is 0 Å². The van der Waals surface area contributed by atoms with Crippen molar-refractivity contribution in [2.24, 2.45) is 5.92 Å². The Morgan fingerprint density at radius 3 is 3.05 bits per heavy atom. The van der Waals surface area contributed by atoms with Crippen LogP contribution in [0.4, 0.5) is 0 Å². The van der Waals surface area contributed by atoms with Gasteiger partial charge >= 0.3 is 0 Å². The Morgan fingerprint density at radius 1 is 1.50 bits per heavy atom. The Labute approximate surface area is 126 Å². The number of hydrogen-bond donors (Lipinski definition) is 0. The fraction of sp³-hybridized carbons (Fsp3) is 0.625. The van der Waals surface area contributed by atoms with E-state index in [4.69, 9.17) is 0 Å². The van der Waals surface area contributed by atoms with Gasteiger partial charge in [0.2, 0.25) is 5.91 Å². The number of aromatic nitrogens is 1. The second kappa shape index (κ2) is 7.67. The van der Waals surface area contributed by atoms with Crippen LogP contribution in [-0.2, 0) is 11.2 Å². The molecule has 0 radical (unpaired) electrons. The monoisotopic (exact) mass is 292 g/mol. The van der Waals surface area contributed by atoms with Crippen molar-refractivity contribution >= 4 is 17.7 Å². The van der Waals surface area contributed by atoms with E-state index in [9.17, 15) is 4.79 Å². The van der Waals surface area contributed by atoms with E-state index < -0.39 is 0 Å². The Bertz CT molecular complexity index is 422. The summed E-state index contributed by atoms with van der Waals surface area (Å²) in [6.45, 7) is 6.32. The van der Waals surface area contributed by atoms with Crippen molar-refractivity contribution in [1.82, 2.24) is 9.88 Å². The second-order valence-electron chi connectivity index (χ2n) is 5.67. The number of pyridine rings is 1. The molecule has 1 amide bonds. The molecule has 1 aliphatic heterocycles. The molecular formula is C16H24N2OS. The van der Waals surface area contributed by atoms with E-state index in [1.54, 1.807) is 0 Å². The molecule has 3 nitrogen and oxygen atoms in total. The van der Waals surface area contributed by atoms with E-state index in [0.717, 1.165) is 37.4 Å². The maximum atomic E-state index is 12.3. The van der Waals surface area contributed by atoms with E-state index in [2.05, 4.69) is 23.7 Å². The third-order valence-corrected chi connectivity index (χ3v) is 5.28. The minimum atomic E-state index is 0.312. The first-order chi connectivity index (χ1) is 9.66. The molecule has 1 aromatic rings. The first-order valence-corrected chi connectivity index (χ1v) is 8.51. The van der Waals surface area contributed by atoms with Crippen LogP contribution in [0, 0.1) is 5.92 Å². The summed E-state index contributed by atoms with van der Waals surface area (Å²) in [5.41, 5.74) is 1.08. The van der Waals surface area contributed by atoms with Gasteiger partial charge in [-0.2, -0.15) is 11.8 Å². The molecule has 0 N–H and O–H groups in total. The molecule has 1 aliphatic rings. The molecule has 20 heavy (non-hydrogen) atoms. The van der Waals surface area contributed by atoms with Gasteiger partial charge in [-0.05, 0) is 30.9 Å². The minimum Gasteiger partial charge on any atom is -0.341 e. The number of amides is 1. The molecule has 1 unspecified atom stereocenters. The molecule has 110 valence electrons. The van der Waals surface area contributed by atoms with Crippen LogP contribution in [0.3, 0.4) is 0 Å². The molecule has 2 rings (SSSR count). The molecule has 0 spiro atoms. The third-order valence-electron chi connectivity index (χ3n) is 3.74. The van der Waals surface area contributed by atoms with Crippen molar-refractivity contribution in [2.45, 2.75) is 38.4 Å². The highest BCUT2D eigenvalue weighted by atomic mass is 32.2. The summed E-state index contributed by atoms with van der Waals surface area (Å²) >= 11 is 2.01. The average molecular weight is 292 g/mol. The number of carbonyl (C=O) groups excluding carboxylic acids is 1. The molecule has 4 heteroatoms. The standard InChI is InChI=1S/C16H24N2OS/c1-13(2)15-12-18(10-11-20-15)16(19)8-5-7-14-6-3-4-9-17-14/h3-4,6,9,13,15H,5,7-8,10-12H2,1-2H3. The first kappa shape index (κ1) is 15.4. The number of rotatable bonds is 5. The molecule has 1 fully saturated rings. The SMILES string of the molecule is CC(C)C1CN(C(=O)CCCc2ccccn2)CCS1. The quantitative estimate of drug-likeness (QED) is 0.836. The Morgan fingerprint density at radius 2 is 2.35 bits per heavy atom. The predicted octanol–water partition coefficient (Wildman–Crippen LogP) is 3.00. The summed E-state index contributed by atoms with van der Waals surface area (Å²) in [4.78, 5) is 18.6. The number of hydrogen-bond acceptors (Lipinski definition) is 3. The van der Waals surface area contributed by atoms with Crippen LogP contribution in [0.15, 0.2) is 24.4 Å².